The molecule has 0 fully saturated rings. The number of benzene rings is 1. The van der Waals surface area contributed by atoms with Gasteiger partial charge in [0.25, 0.3) is 0 Å². The zero-order valence-electron chi connectivity index (χ0n) is 8.12. The Hall–Kier alpha value is -2.12. The number of nitrogens with two attached hydrogens (primary N) is 1. The third-order valence-corrected chi connectivity index (χ3v) is 1.96. The summed E-state index contributed by atoms with van der Waals surface area (Å²) in [5.41, 5.74) is 3.68. The highest BCUT2D eigenvalue weighted by Gasteiger charge is 2.34. The SMILES string of the molecule is Nc1nnc(-c2ccc(F)c(C(F)(F)F)c2)o1. The van der Waals surface area contributed by atoms with Crippen LogP contribution in [0.25, 0.3) is 11.5 Å². The van der Waals surface area contributed by atoms with Crippen molar-refractivity contribution in [1.29, 1.82) is 0 Å². The minimum Gasteiger partial charge on any atom is -0.404 e. The number of aromatic nitrogens is 2. The third kappa shape index (κ3) is 2.19. The minimum absolute atomic E-state index is 0.0528. The Morgan fingerprint density at radius 2 is 1.88 bits per heavy atom. The number of nitrogen functional groups attached to an aromatic ring is 1. The first kappa shape index (κ1) is 11.4. The molecule has 0 aliphatic carbocycles. The molecule has 2 aromatic rings. The molecule has 17 heavy (non-hydrogen) atoms. The van der Waals surface area contributed by atoms with Gasteiger partial charge in [-0.15, -0.1) is 5.10 Å². The van der Waals surface area contributed by atoms with Gasteiger partial charge in [0, 0.05) is 5.56 Å². The molecule has 0 unspecified atom stereocenters. The lowest BCUT2D eigenvalue weighted by Crippen LogP contribution is -2.08. The van der Waals surface area contributed by atoms with Crippen LogP contribution >= 0.6 is 0 Å². The Morgan fingerprint density at radius 3 is 2.41 bits per heavy atom. The van der Waals surface area contributed by atoms with Gasteiger partial charge in [-0.3, -0.25) is 0 Å². The number of rotatable bonds is 1. The summed E-state index contributed by atoms with van der Waals surface area (Å²) >= 11 is 0. The Morgan fingerprint density at radius 1 is 1.18 bits per heavy atom. The highest BCUT2D eigenvalue weighted by Crippen LogP contribution is 2.33. The van der Waals surface area contributed by atoms with Crippen LogP contribution in [-0.2, 0) is 6.18 Å². The van der Waals surface area contributed by atoms with Crippen LogP contribution < -0.4 is 5.73 Å². The van der Waals surface area contributed by atoms with Gasteiger partial charge in [0.05, 0.1) is 5.56 Å². The summed E-state index contributed by atoms with van der Waals surface area (Å²) in [5, 5.41) is 6.70. The Balaban J connectivity index is 2.51. The van der Waals surface area contributed by atoms with E-state index in [4.69, 9.17) is 10.2 Å². The predicted octanol–water partition coefficient (Wildman–Crippen LogP) is 2.48. The molecule has 4 nitrogen and oxygen atoms in total. The summed E-state index contributed by atoms with van der Waals surface area (Å²) in [7, 11) is 0. The van der Waals surface area contributed by atoms with Crippen molar-refractivity contribution in [3.8, 4) is 11.5 Å². The van der Waals surface area contributed by atoms with E-state index < -0.39 is 17.6 Å². The monoisotopic (exact) mass is 247 g/mol. The lowest BCUT2D eigenvalue weighted by atomic mass is 10.1. The molecule has 0 radical (unpaired) electrons. The summed E-state index contributed by atoms with van der Waals surface area (Å²) < 4.78 is 55.0. The fourth-order valence-corrected chi connectivity index (χ4v) is 1.23. The van der Waals surface area contributed by atoms with E-state index in [0.29, 0.717) is 12.1 Å². The van der Waals surface area contributed by atoms with Gasteiger partial charge in [0.2, 0.25) is 5.89 Å². The molecule has 8 heteroatoms. The summed E-state index contributed by atoms with van der Waals surface area (Å²) in [6.07, 6.45) is -4.79. The second-order valence-corrected chi connectivity index (χ2v) is 3.14. The van der Waals surface area contributed by atoms with E-state index in [1.54, 1.807) is 0 Å². The summed E-state index contributed by atoms with van der Waals surface area (Å²) in [6.45, 7) is 0. The van der Waals surface area contributed by atoms with Crippen molar-refractivity contribution in [3.63, 3.8) is 0 Å². The Bertz CT molecular complexity index is 549. The largest absolute Gasteiger partial charge is 0.419 e. The van der Waals surface area contributed by atoms with Crippen LogP contribution in [0.15, 0.2) is 22.6 Å². The number of nitrogens with zero attached hydrogens (tertiary/aromatic N) is 2. The van der Waals surface area contributed by atoms with E-state index >= 15 is 0 Å². The number of hydrogen-bond donors (Lipinski definition) is 1. The lowest BCUT2D eigenvalue weighted by molar-refractivity contribution is -0.139. The maximum absolute atomic E-state index is 13.0. The van der Waals surface area contributed by atoms with Crippen molar-refractivity contribution in [1.82, 2.24) is 10.2 Å². The number of hydrogen-bond acceptors (Lipinski definition) is 4. The van der Waals surface area contributed by atoms with Gasteiger partial charge < -0.3 is 10.2 Å². The molecule has 0 aliphatic rings. The maximum atomic E-state index is 13.0. The zero-order chi connectivity index (χ0) is 12.6. The van der Waals surface area contributed by atoms with Crippen LogP contribution in [0.2, 0.25) is 0 Å². The Kier molecular flexibility index (Phi) is 2.49. The van der Waals surface area contributed by atoms with Gasteiger partial charge in [-0.1, -0.05) is 5.10 Å². The molecule has 0 bridgehead atoms. The van der Waals surface area contributed by atoms with Crippen LogP contribution in [0.5, 0.6) is 0 Å². The quantitative estimate of drug-likeness (QED) is 0.786. The highest BCUT2D eigenvalue weighted by atomic mass is 19.4. The second kappa shape index (κ2) is 3.72. The molecule has 0 aliphatic heterocycles. The van der Waals surface area contributed by atoms with Crippen molar-refractivity contribution < 1.29 is 22.0 Å². The molecule has 0 amide bonds. The molecule has 0 saturated carbocycles. The second-order valence-electron chi connectivity index (χ2n) is 3.14. The molecular formula is C9H5F4N3O. The van der Waals surface area contributed by atoms with Gasteiger partial charge in [0.1, 0.15) is 5.82 Å². The molecular weight excluding hydrogens is 242 g/mol. The van der Waals surface area contributed by atoms with Gasteiger partial charge in [0.15, 0.2) is 0 Å². The molecule has 1 aromatic heterocycles. The first-order valence-electron chi connectivity index (χ1n) is 4.34. The molecule has 0 spiro atoms. The normalized spacial score (nSPS) is 11.8. The summed E-state index contributed by atoms with van der Waals surface area (Å²) in [6, 6.07) is 2.08. The number of alkyl halides is 3. The average Bonchev–Trinajstić information content (AvgIpc) is 2.64. The van der Waals surface area contributed by atoms with Crippen LogP contribution in [-0.4, -0.2) is 10.2 Å². The standard InChI is InChI=1S/C9H5F4N3O/c10-6-2-1-4(3-5(6)9(11,12)13)7-15-16-8(14)17-7/h1-3H,(H2,14,16). The molecule has 0 saturated heterocycles. The van der Waals surface area contributed by atoms with Crippen molar-refractivity contribution >= 4 is 6.01 Å². The van der Waals surface area contributed by atoms with Crippen molar-refractivity contribution in [3.05, 3.63) is 29.6 Å². The van der Waals surface area contributed by atoms with Gasteiger partial charge >= 0.3 is 12.2 Å². The molecule has 0 atom stereocenters. The zero-order valence-corrected chi connectivity index (χ0v) is 8.12. The average molecular weight is 247 g/mol. The molecule has 1 aromatic carbocycles. The van der Waals surface area contributed by atoms with Crippen molar-refractivity contribution in [2.45, 2.75) is 6.18 Å². The van der Waals surface area contributed by atoms with Crippen LogP contribution in [0.4, 0.5) is 23.6 Å². The van der Waals surface area contributed by atoms with E-state index in [9.17, 15) is 17.6 Å². The van der Waals surface area contributed by atoms with Crippen molar-refractivity contribution in [2.75, 3.05) is 5.73 Å². The van der Waals surface area contributed by atoms with E-state index in [0.717, 1.165) is 6.07 Å². The number of halogens is 4. The molecule has 2 N–H and O–H groups in total. The van der Waals surface area contributed by atoms with Gasteiger partial charge in [-0.2, -0.15) is 13.2 Å². The van der Waals surface area contributed by atoms with Gasteiger partial charge in [-0.25, -0.2) is 4.39 Å². The topological polar surface area (TPSA) is 64.9 Å². The van der Waals surface area contributed by atoms with Crippen LogP contribution in [0.3, 0.4) is 0 Å². The molecule has 2 rings (SSSR count). The minimum atomic E-state index is -4.79. The van der Waals surface area contributed by atoms with Crippen LogP contribution in [0, 0.1) is 5.82 Å². The van der Waals surface area contributed by atoms with E-state index in [1.807, 2.05) is 0 Å². The van der Waals surface area contributed by atoms with Gasteiger partial charge in [-0.05, 0) is 18.2 Å². The maximum Gasteiger partial charge on any atom is 0.419 e. The fourth-order valence-electron chi connectivity index (χ4n) is 1.23. The van der Waals surface area contributed by atoms with E-state index in [2.05, 4.69) is 10.2 Å². The van der Waals surface area contributed by atoms with Crippen molar-refractivity contribution in [2.24, 2.45) is 0 Å². The first-order chi connectivity index (χ1) is 7.88. The number of anilines is 1. The van der Waals surface area contributed by atoms with Crippen LogP contribution in [0.1, 0.15) is 5.56 Å². The first-order valence-corrected chi connectivity index (χ1v) is 4.34. The third-order valence-electron chi connectivity index (χ3n) is 1.96. The molecule has 1 heterocycles. The predicted molar refractivity (Wildman–Crippen MR) is 49.1 cm³/mol. The van der Waals surface area contributed by atoms with E-state index in [1.165, 1.54) is 0 Å². The van der Waals surface area contributed by atoms with E-state index in [-0.39, 0.29) is 17.5 Å². The Labute approximate surface area is 92.1 Å². The fraction of sp³-hybridized carbons (Fsp3) is 0.111. The molecule has 90 valence electrons. The summed E-state index contributed by atoms with van der Waals surface area (Å²) in [4.78, 5) is 0. The lowest BCUT2D eigenvalue weighted by Gasteiger charge is -2.08. The summed E-state index contributed by atoms with van der Waals surface area (Å²) in [5.74, 6) is -1.57. The highest BCUT2D eigenvalue weighted by molar-refractivity contribution is 5.55. The smallest absolute Gasteiger partial charge is 0.404 e.